The number of nitrogens with two attached hydrogens (primary N) is 1. The Morgan fingerprint density at radius 3 is 2.04 bits per heavy atom. The van der Waals surface area contributed by atoms with E-state index in [0.29, 0.717) is 35.2 Å². The number of hydrogen-bond donors (Lipinski definition) is 2. The van der Waals surface area contributed by atoms with E-state index in [1.165, 1.54) is 21.3 Å². The molecule has 47 heavy (non-hydrogen) atoms. The first kappa shape index (κ1) is 34.3. The van der Waals surface area contributed by atoms with Gasteiger partial charge in [0.25, 0.3) is 0 Å². The van der Waals surface area contributed by atoms with E-state index in [1.807, 2.05) is 48.5 Å². The molecule has 4 aromatic rings. The smallest absolute Gasteiger partial charge is 0.345 e. The highest BCUT2D eigenvalue weighted by Gasteiger charge is 2.24. The van der Waals surface area contributed by atoms with Crippen molar-refractivity contribution in [1.82, 2.24) is 5.32 Å². The van der Waals surface area contributed by atoms with E-state index in [1.54, 1.807) is 43.5 Å². The third-order valence-corrected chi connectivity index (χ3v) is 7.26. The predicted molar refractivity (Wildman–Crippen MR) is 175 cm³/mol. The van der Waals surface area contributed by atoms with Crippen molar-refractivity contribution in [2.75, 3.05) is 28.4 Å². The molecule has 4 aromatic carbocycles. The third kappa shape index (κ3) is 9.47. The summed E-state index contributed by atoms with van der Waals surface area (Å²) >= 11 is 0. The van der Waals surface area contributed by atoms with Crippen LogP contribution in [0.1, 0.15) is 34.3 Å². The first-order valence-electron chi connectivity index (χ1n) is 14.8. The molecule has 0 saturated heterocycles. The van der Waals surface area contributed by atoms with E-state index in [4.69, 9.17) is 34.2 Å². The zero-order chi connectivity index (χ0) is 33.8. The Balaban J connectivity index is 1.40. The average Bonchev–Trinajstić information content (AvgIpc) is 3.10. The van der Waals surface area contributed by atoms with Gasteiger partial charge in [-0.3, -0.25) is 4.79 Å². The van der Waals surface area contributed by atoms with Crippen LogP contribution in [0.2, 0.25) is 0 Å². The molecular weight excluding hydrogens is 604 g/mol. The van der Waals surface area contributed by atoms with Crippen LogP contribution in [0.3, 0.4) is 0 Å². The molecular formula is C36H38N2O9. The molecule has 0 saturated carbocycles. The van der Waals surface area contributed by atoms with Crippen molar-refractivity contribution in [3.63, 3.8) is 0 Å². The first-order valence-corrected chi connectivity index (χ1v) is 14.8. The van der Waals surface area contributed by atoms with Crippen molar-refractivity contribution >= 4 is 17.8 Å². The molecule has 0 unspecified atom stereocenters. The van der Waals surface area contributed by atoms with Crippen LogP contribution < -0.4 is 34.7 Å². The topological polar surface area (TPSA) is 145 Å². The Bertz CT molecular complexity index is 1660. The fraction of sp³-hybridized carbons (Fsp3) is 0.250. The van der Waals surface area contributed by atoms with Gasteiger partial charge in [-0.1, -0.05) is 36.4 Å². The van der Waals surface area contributed by atoms with E-state index in [-0.39, 0.29) is 24.9 Å². The second kappa shape index (κ2) is 16.7. The molecule has 0 aliphatic carbocycles. The first-order chi connectivity index (χ1) is 22.7. The second-order valence-corrected chi connectivity index (χ2v) is 10.4. The lowest BCUT2D eigenvalue weighted by Gasteiger charge is -2.18. The van der Waals surface area contributed by atoms with Crippen molar-refractivity contribution in [1.29, 1.82) is 0 Å². The summed E-state index contributed by atoms with van der Waals surface area (Å²) in [7, 11) is 6.11. The van der Waals surface area contributed by atoms with Gasteiger partial charge < -0.3 is 39.5 Å². The van der Waals surface area contributed by atoms with Gasteiger partial charge in [-0.2, -0.15) is 0 Å². The molecule has 11 nitrogen and oxygen atoms in total. The molecule has 0 radical (unpaired) electrons. The lowest BCUT2D eigenvalue weighted by Crippen LogP contribution is -2.39. The number of esters is 2. The normalized spacial score (nSPS) is 11.2. The van der Waals surface area contributed by atoms with E-state index in [9.17, 15) is 14.4 Å². The Labute approximate surface area is 273 Å². The minimum atomic E-state index is -0.996. The van der Waals surface area contributed by atoms with Crippen LogP contribution >= 0.6 is 0 Å². The lowest BCUT2D eigenvalue weighted by atomic mass is 10.0. The summed E-state index contributed by atoms with van der Waals surface area (Å²) < 4.78 is 32.6. The largest absolute Gasteiger partial charge is 0.497 e. The third-order valence-electron chi connectivity index (χ3n) is 7.26. The molecule has 0 fully saturated rings. The number of benzene rings is 4. The number of rotatable bonds is 16. The minimum absolute atomic E-state index is 0.0288. The zero-order valence-corrected chi connectivity index (χ0v) is 26.7. The van der Waals surface area contributed by atoms with Gasteiger partial charge in [0.05, 0.1) is 34.0 Å². The van der Waals surface area contributed by atoms with Crippen molar-refractivity contribution in [2.24, 2.45) is 5.73 Å². The number of amides is 1. The van der Waals surface area contributed by atoms with Crippen LogP contribution in [0.15, 0.2) is 84.9 Å². The molecule has 4 rings (SSSR count). The van der Waals surface area contributed by atoms with E-state index in [0.717, 1.165) is 22.4 Å². The van der Waals surface area contributed by atoms with Gasteiger partial charge in [-0.05, 0) is 77.2 Å². The molecule has 0 bridgehead atoms. The molecule has 1 amide bonds. The van der Waals surface area contributed by atoms with Crippen molar-refractivity contribution in [3.8, 4) is 39.9 Å². The van der Waals surface area contributed by atoms with Crippen LogP contribution in [0.25, 0.3) is 11.1 Å². The van der Waals surface area contributed by atoms with Crippen molar-refractivity contribution in [3.05, 3.63) is 102 Å². The van der Waals surface area contributed by atoms with Gasteiger partial charge in [0.2, 0.25) is 11.7 Å². The summed E-state index contributed by atoms with van der Waals surface area (Å²) in [5.41, 5.74) is 8.91. The fourth-order valence-corrected chi connectivity index (χ4v) is 4.78. The summed E-state index contributed by atoms with van der Waals surface area (Å²) in [5, 5.41) is 3.05. The maximum atomic E-state index is 13.1. The summed E-state index contributed by atoms with van der Waals surface area (Å²) in [6, 6.07) is 24.4. The van der Waals surface area contributed by atoms with Gasteiger partial charge in [0, 0.05) is 13.0 Å². The number of nitrogens with one attached hydrogen (secondary N) is 1. The Morgan fingerprint density at radius 2 is 1.40 bits per heavy atom. The molecule has 0 aromatic heterocycles. The Kier molecular flexibility index (Phi) is 12.2. The van der Waals surface area contributed by atoms with E-state index >= 15 is 0 Å². The number of methoxy groups -OCH3 is 4. The second-order valence-electron chi connectivity index (χ2n) is 10.4. The van der Waals surface area contributed by atoms with Gasteiger partial charge in [0.1, 0.15) is 24.1 Å². The maximum Gasteiger partial charge on any atom is 0.345 e. The lowest BCUT2D eigenvalue weighted by molar-refractivity contribution is -0.140. The van der Waals surface area contributed by atoms with Gasteiger partial charge >= 0.3 is 11.9 Å². The number of hydrogen-bond acceptors (Lipinski definition) is 10. The molecule has 1 atom stereocenters. The number of carbonyl (C=O) groups is 3. The average molecular weight is 643 g/mol. The van der Waals surface area contributed by atoms with Crippen molar-refractivity contribution in [2.45, 2.75) is 32.0 Å². The number of ether oxygens (including phenoxy) is 6. The fourth-order valence-electron chi connectivity index (χ4n) is 4.78. The molecule has 0 spiro atoms. The quantitative estimate of drug-likeness (QED) is 0.125. The minimum Gasteiger partial charge on any atom is -0.497 e. The SMILES string of the molecule is COc1cccc(COc2cccc(-c3ccc(C(=O)OC(=O)[C@H](CCC(N)=O)NCc4cc(OC)c(OC)c(OC)c4)cc3)c2)c1. The number of carbonyl (C=O) groups excluding carboxylic acids is 3. The Morgan fingerprint density at radius 1 is 0.723 bits per heavy atom. The molecule has 0 aliphatic heterocycles. The van der Waals surface area contributed by atoms with Crippen LogP contribution in [0.4, 0.5) is 0 Å². The zero-order valence-electron chi connectivity index (χ0n) is 26.7. The van der Waals surface area contributed by atoms with E-state index < -0.39 is 23.9 Å². The highest BCUT2D eigenvalue weighted by Crippen LogP contribution is 2.38. The summed E-state index contributed by atoms with van der Waals surface area (Å²) in [6.07, 6.45) is -0.0612. The molecule has 246 valence electrons. The standard InChI is InChI=1S/C36H38N2O9/c1-42-28-9-5-7-23(17-28)22-46-29-10-6-8-27(20-29)25-11-13-26(14-12-25)35(40)47-36(41)30(15-16-33(37)39)38-21-24-18-31(43-2)34(45-4)32(19-24)44-3/h5-14,17-20,30,38H,15-16,21-22H2,1-4H3,(H2,37,39)/t30-/m0/s1. The highest BCUT2D eigenvalue weighted by atomic mass is 16.6. The van der Waals surface area contributed by atoms with Crippen LogP contribution in [-0.2, 0) is 27.5 Å². The van der Waals surface area contributed by atoms with Crippen LogP contribution in [0.5, 0.6) is 28.7 Å². The molecule has 3 N–H and O–H groups in total. The van der Waals surface area contributed by atoms with Crippen molar-refractivity contribution < 1.29 is 42.8 Å². The summed E-state index contributed by atoms with van der Waals surface area (Å²) in [6.45, 7) is 0.539. The summed E-state index contributed by atoms with van der Waals surface area (Å²) in [5.74, 6) is 0.481. The molecule has 11 heteroatoms. The molecule has 0 heterocycles. The highest BCUT2D eigenvalue weighted by molar-refractivity contribution is 5.98. The van der Waals surface area contributed by atoms with Gasteiger partial charge in [-0.15, -0.1) is 0 Å². The summed E-state index contributed by atoms with van der Waals surface area (Å²) in [4.78, 5) is 37.5. The molecule has 0 aliphatic rings. The Hall–Kier alpha value is -5.55. The van der Waals surface area contributed by atoms with Gasteiger partial charge in [0.15, 0.2) is 11.5 Å². The van der Waals surface area contributed by atoms with Crippen LogP contribution in [0, 0.1) is 0 Å². The van der Waals surface area contributed by atoms with Crippen LogP contribution in [-0.4, -0.2) is 52.3 Å². The maximum absolute atomic E-state index is 13.1. The monoisotopic (exact) mass is 642 g/mol. The number of primary amides is 1. The van der Waals surface area contributed by atoms with Gasteiger partial charge in [-0.25, -0.2) is 9.59 Å². The van der Waals surface area contributed by atoms with E-state index in [2.05, 4.69) is 5.32 Å². The predicted octanol–water partition coefficient (Wildman–Crippen LogP) is 5.07.